The average molecular weight is 295 g/mol. The summed E-state index contributed by atoms with van der Waals surface area (Å²) in [7, 11) is 1.80. The van der Waals surface area contributed by atoms with Gasteiger partial charge in [0.1, 0.15) is 5.82 Å². The van der Waals surface area contributed by atoms with Gasteiger partial charge in [-0.1, -0.05) is 12.2 Å². The molecule has 1 amide bonds. The van der Waals surface area contributed by atoms with E-state index in [4.69, 9.17) is 18.0 Å². The maximum atomic E-state index is 12.0. The van der Waals surface area contributed by atoms with E-state index >= 15 is 0 Å². The molecule has 0 spiro atoms. The second kappa shape index (κ2) is 6.81. The van der Waals surface area contributed by atoms with Crippen molar-refractivity contribution in [1.82, 2.24) is 19.4 Å². The van der Waals surface area contributed by atoms with Gasteiger partial charge in [0.25, 0.3) is 0 Å². The van der Waals surface area contributed by atoms with Crippen LogP contribution in [0.1, 0.15) is 18.7 Å². The fraction of sp³-hybridized carbons (Fsp3) is 0.615. The average Bonchev–Trinajstić information content (AvgIpc) is 2.89. The Labute approximate surface area is 124 Å². The van der Waals surface area contributed by atoms with E-state index in [2.05, 4.69) is 14.5 Å². The largest absolute Gasteiger partial charge is 0.393 e. The third-order valence-electron chi connectivity index (χ3n) is 3.59. The Hall–Kier alpha value is -1.47. The zero-order valence-electron chi connectivity index (χ0n) is 11.8. The van der Waals surface area contributed by atoms with E-state index in [1.54, 1.807) is 11.9 Å². The lowest BCUT2D eigenvalue weighted by molar-refractivity contribution is -0.130. The number of aromatic nitrogens is 2. The molecule has 0 saturated carbocycles. The molecule has 0 aliphatic carbocycles. The van der Waals surface area contributed by atoms with Gasteiger partial charge in [-0.15, -0.1) is 0 Å². The summed E-state index contributed by atoms with van der Waals surface area (Å²) in [5, 5.41) is 0. The van der Waals surface area contributed by atoms with Crippen LogP contribution in [0.2, 0.25) is 0 Å². The van der Waals surface area contributed by atoms with Crippen molar-refractivity contribution in [2.75, 3.05) is 26.7 Å². The van der Waals surface area contributed by atoms with Gasteiger partial charge in [-0.05, 0) is 0 Å². The number of nitrogens with zero attached hydrogens (tertiary/aromatic N) is 4. The first kappa shape index (κ1) is 14.9. The molecule has 2 heterocycles. The lowest BCUT2D eigenvalue weighted by atomic mass is 10.3. The zero-order valence-corrected chi connectivity index (χ0v) is 12.6. The molecule has 110 valence electrons. The minimum Gasteiger partial charge on any atom is -0.393 e. The molecule has 0 unspecified atom stereocenters. The highest BCUT2D eigenvalue weighted by molar-refractivity contribution is 7.80. The predicted octanol–water partition coefficient (Wildman–Crippen LogP) is 0.223. The first-order chi connectivity index (χ1) is 9.56. The van der Waals surface area contributed by atoms with Crippen LogP contribution in [0, 0.1) is 0 Å². The van der Waals surface area contributed by atoms with Crippen LogP contribution in [-0.4, -0.2) is 56.9 Å². The standard InChI is InChI=1S/C13H21N5OS/c1-16(5-2-11(14)20)13(19)3-6-17-8-9-18-7-4-15-12(18)10-17/h4,7H,2-3,5-6,8-10H2,1H3,(H2,14,20). The molecule has 0 radical (unpaired) electrons. The number of thiocarbonyl (C=S) groups is 1. The van der Waals surface area contributed by atoms with E-state index in [0.717, 1.165) is 32.0 Å². The monoisotopic (exact) mass is 295 g/mol. The topological polar surface area (TPSA) is 67.4 Å². The minimum absolute atomic E-state index is 0.134. The van der Waals surface area contributed by atoms with E-state index in [9.17, 15) is 4.79 Å². The summed E-state index contributed by atoms with van der Waals surface area (Å²) in [6, 6.07) is 0. The second-order valence-corrected chi connectivity index (χ2v) is 5.62. The van der Waals surface area contributed by atoms with Crippen molar-refractivity contribution in [1.29, 1.82) is 0 Å². The van der Waals surface area contributed by atoms with E-state index in [-0.39, 0.29) is 5.91 Å². The van der Waals surface area contributed by atoms with Crippen molar-refractivity contribution in [2.24, 2.45) is 5.73 Å². The van der Waals surface area contributed by atoms with E-state index < -0.39 is 0 Å². The van der Waals surface area contributed by atoms with Crippen LogP contribution in [0.25, 0.3) is 0 Å². The van der Waals surface area contributed by atoms with E-state index in [1.165, 1.54) is 0 Å². The molecule has 0 fully saturated rings. The van der Waals surface area contributed by atoms with Gasteiger partial charge >= 0.3 is 0 Å². The Bertz CT molecular complexity index is 487. The van der Waals surface area contributed by atoms with Crippen LogP contribution >= 0.6 is 12.2 Å². The number of rotatable bonds is 6. The fourth-order valence-corrected chi connectivity index (χ4v) is 2.35. The summed E-state index contributed by atoms with van der Waals surface area (Å²) in [6.07, 6.45) is 4.93. The predicted molar refractivity (Wildman–Crippen MR) is 81.2 cm³/mol. The number of imidazole rings is 1. The quantitative estimate of drug-likeness (QED) is 0.761. The number of hydrogen-bond acceptors (Lipinski definition) is 4. The first-order valence-corrected chi connectivity index (χ1v) is 7.21. The van der Waals surface area contributed by atoms with Crippen molar-refractivity contribution >= 4 is 23.1 Å². The van der Waals surface area contributed by atoms with E-state index in [1.807, 2.05) is 12.4 Å². The molecule has 2 rings (SSSR count). The molecule has 1 aromatic rings. The van der Waals surface area contributed by atoms with Crippen molar-refractivity contribution in [2.45, 2.75) is 25.9 Å². The summed E-state index contributed by atoms with van der Waals surface area (Å²) in [5.74, 6) is 1.21. The molecule has 0 atom stereocenters. The normalized spacial score (nSPS) is 14.8. The van der Waals surface area contributed by atoms with Crippen molar-refractivity contribution in [3.05, 3.63) is 18.2 Å². The molecule has 6 nitrogen and oxygen atoms in total. The maximum Gasteiger partial charge on any atom is 0.223 e. The smallest absolute Gasteiger partial charge is 0.223 e. The summed E-state index contributed by atoms with van der Waals surface area (Å²) in [5.41, 5.74) is 5.44. The highest BCUT2D eigenvalue weighted by atomic mass is 32.1. The molecule has 2 N–H and O–H groups in total. The van der Waals surface area contributed by atoms with E-state index in [0.29, 0.717) is 24.4 Å². The molecule has 7 heteroatoms. The van der Waals surface area contributed by atoms with Crippen molar-refractivity contribution in [3.63, 3.8) is 0 Å². The minimum atomic E-state index is 0.134. The summed E-state index contributed by atoms with van der Waals surface area (Å²) in [6.45, 7) is 4.09. The first-order valence-electron chi connectivity index (χ1n) is 6.81. The Morgan fingerprint density at radius 2 is 2.30 bits per heavy atom. The van der Waals surface area contributed by atoms with Crippen LogP contribution in [0.5, 0.6) is 0 Å². The third-order valence-corrected chi connectivity index (χ3v) is 3.79. The fourth-order valence-electron chi connectivity index (χ4n) is 2.26. The van der Waals surface area contributed by atoms with Gasteiger partial charge in [0.05, 0.1) is 11.5 Å². The number of fused-ring (bicyclic) bond motifs is 1. The number of amides is 1. The number of carbonyl (C=O) groups excluding carboxylic acids is 1. The number of carbonyl (C=O) groups is 1. The molecular formula is C13H21N5OS. The van der Waals surface area contributed by atoms with Crippen molar-refractivity contribution in [3.8, 4) is 0 Å². The van der Waals surface area contributed by atoms with Crippen LogP contribution in [0.15, 0.2) is 12.4 Å². The maximum absolute atomic E-state index is 12.0. The van der Waals surface area contributed by atoms with Gasteiger partial charge in [-0.25, -0.2) is 4.98 Å². The lowest BCUT2D eigenvalue weighted by Gasteiger charge is -2.28. The van der Waals surface area contributed by atoms with Gasteiger partial charge in [0.2, 0.25) is 5.91 Å². The molecular weight excluding hydrogens is 274 g/mol. The Balaban J connectivity index is 1.73. The summed E-state index contributed by atoms with van der Waals surface area (Å²) < 4.78 is 2.16. The number of hydrogen-bond donors (Lipinski definition) is 1. The summed E-state index contributed by atoms with van der Waals surface area (Å²) in [4.78, 5) is 20.7. The lowest BCUT2D eigenvalue weighted by Crippen LogP contribution is -2.37. The highest BCUT2D eigenvalue weighted by Gasteiger charge is 2.18. The van der Waals surface area contributed by atoms with Crippen LogP contribution in [-0.2, 0) is 17.9 Å². The Morgan fingerprint density at radius 1 is 1.50 bits per heavy atom. The number of nitrogens with two attached hydrogens (primary N) is 1. The molecule has 20 heavy (non-hydrogen) atoms. The van der Waals surface area contributed by atoms with Crippen LogP contribution < -0.4 is 5.73 Å². The zero-order chi connectivity index (χ0) is 14.5. The summed E-state index contributed by atoms with van der Waals surface area (Å²) >= 11 is 4.82. The second-order valence-electron chi connectivity index (χ2n) is 5.09. The van der Waals surface area contributed by atoms with Gasteiger partial charge < -0.3 is 15.2 Å². The molecule has 0 saturated heterocycles. The highest BCUT2D eigenvalue weighted by Crippen LogP contribution is 2.10. The molecule has 1 aromatic heterocycles. The molecule has 0 aromatic carbocycles. The van der Waals surface area contributed by atoms with Crippen LogP contribution in [0.4, 0.5) is 0 Å². The Morgan fingerprint density at radius 3 is 3.05 bits per heavy atom. The van der Waals surface area contributed by atoms with Gasteiger partial charge in [-0.2, -0.15) is 0 Å². The molecule has 1 aliphatic rings. The van der Waals surface area contributed by atoms with Crippen LogP contribution in [0.3, 0.4) is 0 Å². The van der Waals surface area contributed by atoms with Gasteiger partial charge in [0.15, 0.2) is 0 Å². The molecule has 0 bridgehead atoms. The van der Waals surface area contributed by atoms with Gasteiger partial charge in [0, 0.05) is 58.5 Å². The Kier molecular flexibility index (Phi) is 5.08. The SMILES string of the molecule is CN(CCC(N)=S)C(=O)CCN1CCn2ccnc2C1. The third kappa shape index (κ3) is 4.01. The van der Waals surface area contributed by atoms with Crippen molar-refractivity contribution < 1.29 is 4.79 Å². The van der Waals surface area contributed by atoms with Gasteiger partial charge in [-0.3, -0.25) is 9.69 Å². The molecule has 1 aliphatic heterocycles.